The molecule has 0 radical (unpaired) electrons. The van der Waals surface area contributed by atoms with E-state index < -0.39 is 11.5 Å². The lowest BCUT2D eigenvalue weighted by Gasteiger charge is -2.34. The van der Waals surface area contributed by atoms with E-state index in [9.17, 15) is 4.79 Å². The lowest BCUT2D eigenvalue weighted by atomic mass is 9.79. The van der Waals surface area contributed by atoms with Crippen molar-refractivity contribution in [1.82, 2.24) is 0 Å². The highest BCUT2D eigenvalue weighted by atomic mass is 16.4. The van der Waals surface area contributed by atoms with Gasteiger partial charge >= 0.3 is 5.97 Å². The number of hydrogen-bond donors (Lipinski definition) is 3. The number of carboxylic acid groups (broad SMARTS) is 1. The molecule has 4 nitrogen and oxygen atoms in total. The fourth-order valence-electron chi connectivity index (χ4n) is 1.49. The summed E-state index contributed by atoms with van der Waals surface area (Å²) in [6, 6.07) is -0.381. The predicted octanol–water partition coefficient (Wildman–Crippen LogP) is -0.330. The highest BCUT2D eigenvalue weighted by molar-refractivity contribution is 5.79. The molecule has 11 heavy (non-hydrogen) atoms. The first-order valence-corrected chi connectivity index (χ1v) is 3.85. The maximum Gasteiger partial charge on any atom is 0.325 e. The van der Waals surface area contributed by atoms with Gasteiger partial charge in [-0.05, 0) is 12.8 Å². The molecule has 0 bridgehead atoms. The highest BCUT2D eigenvalue weighted by Crippen LogP contribution is 2.24. The first kappa shape index (κ1) is 8.49. The Morgan fingerprint density at radius 3 is 2.55 bits per heavy atom. The van der Waals surface area contributed by atoms with Crippen LogP contribution in [0.2, 0.25) is 0 Å². The van der Waals surface area contributed by atoms with Gasteiger partial charge in [-0.3, -0.25) is 4.79 Å². The van der Waals surface area contributed by atoms with Gasteiger partial charge in [-0.2, -0.15) is 0 Å². The highest BCUT2D eigenvalue weighted by Gasteiger charge is 2.41. The SMILES string of the molecule is N[C@H]1CCCC[C@@]1(N)C(=O)O. The number of rotatable bonds is 1. The molecule has 0 heterocycles. The Hall–Kier alpha value is -0.610. The molecule has 5 N–H and O–H groups in total. The van der Waals surface area contributed by atoms with Gasteiger partial charge in [0.05, 0.1) is 0 Å². The van der Waals surface area contributed by atoms with Crippen LogP contribution in [-0.2, 0) is 4.79 Å². The van der Waals surface area contributed by atoms with Crippen molar-refractivity contribution < 1.29 is 9.90 Å². The molecule has 0 unspecified atom stereocenters. The van der Waals surface area contributed by atoms with Crippen molar-refractivity contribution in [3.05, 3.63) is 0 Å². The fourth-order valence-corrected chi connectivity index (χ4v) is 1.49. The van der Waals surface area contributed by atoms with E-state index in [2.05, 4.69) is 0 Å². The Morgan fingerprint density at radius 1 is 1.55 bits per heavy atom. The minimum absolute atomic E-state index is 0.381. The largest absolute Gasteiger partial charge is 0.480 e. The second-order valence-corrected chi connectivity index (χ2v) is 3.20. The lowest BCUT2D eigenvalue weighted by molar-refractivity contribution is -0.145. The summed E-state index contributed by atoms with van der Waals surface area (Å²) in [5.41, 5.74) is 10.1. The molecule has 0 aromatic heterocycles. The second-order valence-electron chi connectivity index (χ2n) is 3.20. The van der Waals surface area contributed by atoms with Crippen LogP contribution >= 0.6 is 0 Å². The van der Waals surface area contributed by atoms with Crippen molar-refractivity contribution in [1.29, 1.82) is 0 Å². The van der Waals surface area contributed by atoms with E-state index in [1.54, 1.807) is 0 Å². The van der Waals surface area contributed by atoms with E-state index in [4.69, 9.17) is 16.6 Å². The van der Waals surface area contributed by atoms with Crippen LogP contribution in [0.3, 0.4) is 0 Å². The Balaban J connectivity index is 2.72. The van der Waals surface area contributed by atoms with E-state index in [-0.39, 0.29) is 6.04 Å². The average molecular weight is 158 g/mol. The molecule has 4 heteroatoms. The van der Waals surface area contributed by atoms with Crippen molar-refractivity contribution in [3.8, 4) is 0 Å². The van der Waals surface area contributed by atoms with Crippen LogP contribution < -0.4 is 11.5 Å². The first-order chi connectivity index (χ1) is 5.07. The normalized spacial score (nSPS) is 38.5. The van der Waals surface area contributed by atoms with E-state index in [0.29, 0.717) is 6.42 Å². The van der Waals surface area contributed by atoms with Gasteiger partial charge in [-0.25, -0.2) is 0 Å². The topological polar surface area (TPSA) is 89.3 Å². The molecular formula is C7H14N2O2. The summed E-state index contributed by atoms with van der Waals surface area (Å²) in [4.78, 5) is 10.7. The van der Waals surface area contributed by atoms with Crippen molar-refractivity contribution in [3.63, 3.8) is 0 Å². The van der Waals surface area contributed by atoms with Crippen molar-refractivity contribution in [2.45, 2.75) is 37.3 Å². The van der Waals surface area contributed by atoms with E-state index in [1.807, 2.05) is 0 Å². The summed E-state index contributed by atoms with van der Waals surface area (Å²) >= 11 is 0. The monoisotopic (exact) mass is 158 g/mol. The number of carbonyl (C=O) groups is 1. The van der Waals surface area contributed by atoms with Crippen LogP contribution in [0.4, 0.5) is 0 Å². The zero-order valence-electron chi connectivity index (χ0n) is 6.42. The zero-order chi connectivity index (χ0) is 8.48. The van der Waals surface area contributed by atoms with Crippen LogP contribution in [-0.4, -0.2) is 22.7 Å². The third-order valence-electron chi connectivity index (χ3n) is 2.42. The molecular weight excluding hydrogens is 144 g/mol. The third kappa shape index (κ3) is 1.36. The Kier molecular flexibility index (Phi) is 2.15. The van der Waals surface area contributed by atoms with Crippen LogP contribution in [0.1, 0.15) is 25.7 Å². The molecule has 0 spiro atoms. The van der Waals surface area contributed by atoms with E-state index in [0.717, 1.165) is 19.3 Å². The summed E-state index contributed by atoms with van der Waals surface area (Å²) in [6.07, 6.45) is 3.09. The number of carboxylic acids is 1. The number of nitrogens with two attached hydrogens (primary N) is 2. The van der Waals surface area contributed by atoms with Crippen LogP contribution in [0.15, 0.2) is 0 Å². The summed E-state index contributed by atoms with van der Waals surface area (Å²) in [5, 5.41) is 8.76. The molecule has 2 atom stereocenters. The molecule has 1 aliphatic carbocycles. The fraction of sp³-hybridized carbons (Fsp3) is 0.857. The van der Waals surface area contributed by atoms with Gasteiger partial charge in [-0.1, -0.05) is 12.8 Å². The van der Waals surface area contributed by atoms with Gasteiger partial charge in [0.15, 0.2) is 0 Å². The van der Waals surface area contributed by atoms with Gasteiger partial charge in [-0.15, -0.1) is 0 Å². The van der Waals surface area contributed by atoms with Crippen molar-refractivity contribution >= 4 is 5.97 Å². The molecule has 0 aromatic rings. The van der Waals surface area contributed by atoms with Crippen LogP contribution in [0.25, 0.3) is 0 Å². The maximum absolute atomic E-state index is 10.7. The molecule has 0 aliphatic heterocycles. The van der Waals surface area contributed by atoms with Crippen LogP contribution in [0.5, 0.6) is 0 Å². The summed E-state index contributed by atoms with van der Waals surface area (Å²) in [5.74, 6) is -0.968. The summed E-state index contributed by atoms with van der Waals surface area (Å²) < 4.78 is 0. The van der Waals surface area contributed by atoms with Crippen molar-refractivity contribution in [2.75, 3.05) is 0 Å². The summed E-state index contributed by atoms with van der Waals surface area (Å²) in [7, 11) is 0. The molecule has 0 aromatic carbocycles. The van der Waals surface area contributed by atoms with Gasteiger partial charge in [0.2, 0.25) is 0 Å². The molecule has 1 fully saturated rings. The molecule has 1 rings (SSSR count). The maximum atomic E-state index is 10.7. The average Bonchev–Trinajstić information content (AvgIpc) is 1.95. The van der Waals surface area contributed by atoms with E-state index in [1.165, 1.54) is 0 Å². The van der Waals surface area contributed by atoms with Gasteiger partial charge in [0.25, 0.3) is 0 Å². The number of hydrogen-bond acceptors (Lipinski definition) is 3. The molecule has 1 aliphatic rings. The Bertz CT molecular complexity index is 172. The zero-order valence-corrected chi connectivity index (χ0v) is 6.42. The molecule has 0 saturated heterocycles. The molecule has 1 saturated carbocycles. The van der Waals surface area contributed by atoms with Crippen molar-refractivity contribution in [2.24, 2.45) is 11.5 Å². The first-order valence-electron chi connectivity index (χ1n) is 3.85. The minimum atomic E-state index is -1.17. The minimum Gasteiger partial charge on any atom is -0.480 e. The Morgan fingerprint density at radius 2 is 2.18 bits per heavy atom. The predicted molar refractivity (Wildman–Crippen MR) is 41.0 cm³/mol. The van der Waals surface area contributed by atoms with Gasteiger partial charge in [0, 0.05) is 6.04 Å². The van der Waals surface area contributed by atoms with Crippen LogP contribution in [0, 0.1) is 0 Å². The number of aliphatic carboxylic acids is 1. The second kappa shape index (κ2) is 2.79. The smallest absolute Gasteiger partial charge is 0.325 e. The quantitative estimate of drug-likeness (QED) is 0.487. The van der Waals surface area contributed by atoms with Gasteiger partial charge < -0.3 is 16.6 Å². The lowest BCUT2D eigenvalue weighted by Crippen LogP contribution is -2.62. The Labute approximate surface area is 65.6 Å². The molecule has 0 amide bonds. The van der Waals surface area contributed by atoms with Gasteiger partial charge in [0.1, 0.15) is 5.54 Å². The summed E-state index contributed by atoms with van der Waals surface area (Å²) in [6.45, 7) is 0. The standard InChI is InChI=1S/C7H14N2O2/c8-5-3-1-2-4-7(5,9)6(10)11/h5H,1-4,8-9H2,(H,10,11)/t5-,7-/m0/s1. The molecule has 64 valence electrons. The van der Waals surface area contributed by atoms with E-state index >= 15 is 0 Å². The third-order valence-corrected chi connectivity index (χ3v) is 2.42.